The van der Waals surface area contributed by atoms with Crippen molar-refractivity contribution in [3.8, 4) is 11.4 Å². The molecule has 0 radical (unpaired) electrons. The third-order valence-corrected chi connectivity index (χ3v) is 9.43. The molecule has 13 heteroatoms. The van der Waals surface area contributed by atoms with Gasteiger partial charge in [-0.25, -0.2) is 4.98 Å². The van der Waals surface area contributed by atoms with Gasteiger partial charge in [-0.1, -0.05) is 79.3 Å². The van der Waals surface area contributed by atoms with Crippen molar-refractivity contribution in [3.63, 3.8) is 0 Å². The van der Waals surface area contributed by atoms with E-state index in [0.717, 1.165) is 33.5 Å². The Hall–Kier alpha value is -5.21. The standard InChI is InChI=1S/C36H33N7O5S/c1-22-32(21-49-36-40-41-42-43(36)27-14-16-28(45)17-15-27)47-35(48-33(22)25-10-8-24(20-44)9-11-25)26-12-6-23(7-13-26)18-38-34(46)31-19-37-29-4-2-3-5-30(29)39-31/h2-17,19,22,32-33,35,44-45H,18,20-21H2,1H3,(H,38,46)/t22-,32+,33+,35+/m0/s1. The number of nitrogens with one attached hydrogen (secondary N) is 1. The molecule has 0 saturated carbocycles. The maximum atomic E-state index is 12.8. The highest BCUT2D eigenvalue weighted by molar-refractivity contribution is 7.99. The number of nitrogens with zero attached hydrogens (tertiary/aromatic N) is 6. The molecule has 248 valence electrons. The highest BCUT2D eigenvalue weighted by atomic mass is 32.2. The van der Waals surface area contributed by atoms with Crippen LogP contribution in [0.5, 0.6) is 5.75 Å². The highest BCUT2D eigenvalue weighted by Crippen LogP contribution is 2.43. The van der Waals surface area contributed by atoms with Gasteiger partial charge in [-0.3, -0.25) is 9.78 Å². The highest BCUT2D eigenvalue weighted by Gasteiger charge is 2.38. The second-order valence-electron chi connectivity index (χ2n) is 11.7. The van der Waals surface area contributed by atoms with Gasteiger partial charge in [0.1, 0.15) is 11.4 Å². The largest absolute Gasteiger partial charge is 0.508 e. The first-order valence-corrected chi connectivity index (χ1v) is 16.7. The predicted molar refractivity (Wildman–Crippen MR) is 182 cm³/mol. The number of amides is 1. The van der Waals surface area contributed by atoms with Gasteiger partial charge >= 0.3 is 0 Å². The molecule has 0 spiro atoms. The average Bonchev–Trinajstić information content (AvgIpc) is 3.62. The average molecular weight is 676 g/mol. The molecule has 7 rings (SSSR count). The summed E-state index contributed by atoms with van der Waals surface area (Å²) in [6.45, 7) is 2.37. The predicted octanol–water partition coefficient (Wildman–Crippen LogP) is 5.32. The Morgan fingerprint density at radius 1 is 0.898 bits per heavy atom. The van der Waals surface area contributed by atoms with E-state index in [-0.39, 0.29) is 42.1 Å². The van der Waals surface area contributed by atoms with Crippen LogP contribution in [0.3, 0.4) is 0 Å². The first kappa shape index (κ1) is 32.3. The van der Waals surface area contributed by atoms with Crippen molar-refractivity contribution in [3.05, 3.63) is 131 Å². The van der Waals surface area contributed by atoms with Gasteiger partial charge in [-0.05, 0) is 63.5 Å². The number of fused-ring (bicyclic) bond motifs is 1. The van der Waals surface area contributed by atoms with Gasteiger partial charge in [-0.15, -0.1) is 5.10 Å². The van der Waals surface area contributed by atoms with Gasteiger partial charge < -0.3 is 25.0 Å². The third kappa shape index (κ3) is 7.29. The molecule has 1 amide bonds. The second kappa shape index (κ2) is 14.5. The zero-order valence-corrected chi connectivity index (χ0v) is 27.3. The smallest absolute Gasteiger partial charge is 0.271 e. The van der Waals surface area contributed by atoms with E-state index >= 15 is 0 Å². The number of aromatic nitrogens is 6. The first-order chi connectivity index (χ1) is 23.9. The number of hydrogen-bond acceptors (Lipinski definition) is 11. The molecule has 0 unspecified atom stereocenters. The van der Waals surface area contributed by atoms with E-state index in [0.29, 0.717) is 23.0 Å². The van der Waals surface area contributed by atoms with Crippen LogP contribution in [-0.4, -0.2) is 58.2 Å². The van der Waals surface area contributed by atoms with Crippen LogP contribution in [0, 0.1) is 5.92 Å². The van der Waals surface area contributed by atoms with Gasteiger partial charge in [-0.2, -0.15) is 4.68 Å². The minimum atomic E-state index is -0.658. The topological polar surface area (TPSA) is 157 Å². The molecule has 1 aliphatic rings. The number of tetrazole rings is 1. The summed E-state index contributed by atoms with van der Waals surface area (Å²) in [5.74, 6) is 0.372. The fourth-order valence-electron chi connectivity index (χ4n) is 5.62. The number of ether oxygens (including phenoxy) is 2. The summed E-state index contributed by atoms with van der Waals surface area (Å²) in [4.78, 5) is 21.6. The normalized spacial score (nSPS) is 19.1. The number of hydrogen-bond donors (Lipinski definition) is 3. The zero-order valence-electron chi connectivity index (χ0n) is 26.5. The molecule has 2 aromatic heterocycles. The summed E-state index contributed by atoms with van der Waals surface area (Å²) in [6.07, 6.45) is 0.301. The molecule has 0 bridgehead atoms. The molecular formula is C36H33N7O5S. The van der Waals surface area contributed by atoms with E-state index in [2.05, 4.69) is 37.7 Å². The van der Waals surface area contributed by atoms with E-state index < -0.39 is 6.29 Å². The Morgan fingerprint density at radius 2 is 1.61 bits per heavy atom. The Bertz CT molecular complexity index is 2040. The number of aromatic hydroxyl groups is 1. The second-order valence-corrected chi connectivity index (χ2v) is 12.7. The lowest BCUT2D eigenvalue weighted by molar-refractivity contribution is -0.268. The summed E-state index contributed by atoms with van der Waals surface area (Å²) >= 11 is 1.47. The Kier molecular flexibility index (Phi) is 9.57. The minimum absolute atomic E-state index is 0.0329. The van der Waals surface area contributed by atoms with Gasteiger partial charge in [0.25, 0.3) is 5.91 Å². The fraction of sp³-hybridized carbons (Fsp3) is 0.222. The van der Waals surface area contributed by atoms with Crippen LogP contribution in [0.15, 0.2) is 108 Å². The number of rotatable bonds is 10. The number of para-hydroxylation sites is 2. The molecule has 6 aromatic rings. The number of aliphatic hydroxyl groups excluding tert-OH is 1. The molecule has 1 aliphatic heterocycles. The molecule has 49 heavy (non-hydrogen) atoms. The number of aliphatic hydroxyl groups is 1. The number of benzene rings is 4. The van der Waals surface area contributed by atoms with E-state index in [9.17, 15) is 15.0 Å². The molecule has 1 saturated heterocycles. The van der Waals surface area contributed by atoms with Crippen LogP contribution < -0.4 is 5.32 Å². The zero-order chi connectivity index (χ0) is 33.7. The molecular weight excluding hydrogens is 643 g/mol. The van der Waals surface area contributed by atoms with E-state index in [4.69, 9.17) is 9.47 Å². The molecule has 3 N–H and O–H groups in total. The maximum Gasteiger partial charge on any atom is 0.271 e. The van der Waals surface area contributed by atoms with Crippen LogP contribution in [0.4, 0.5) is 0 Å². The van der Waals surface area contributed by atoms with E-state index in [1.165, 1.54) is 18.0 Å². The number of carbonyl (C=O) groups excluding carboxylic acids is 1. The Morgan fingerprint density at radius 3 is 2.37 bits per heavy atom. The number of carbonyl (C=O) groups is 1. The quantitative estimate of drug-likeness (QED) is 0.162. The van der Waals surface area contributed by atoms with Gasteiger partial charge in [0.2, 0.25) is 5.16 Å². The summed E-state index contributed by atoms with van der Waals surface area (Å²) in [6, 6.07) is 29.6. The Balaban J connectivity index is 1.06. The SMILES string of the molecule is C[C@H]1[C@@H](CSc2nnnn2-c2ccc(O)cc2)O[C@@H](c2ccc(CNC(=O)c3cnc4ccccc4n3)cc2)O[C@H]1c1ccc(CO)cc1. The van der Waals surface area contributed by atoms with E-state index in [1.807, 2.05) is 72.8 Å². The van der Waals surface area contributed by atoms with Crippen molar-refractivity contribution in [2.24, 2.45) is 5.92 Å². The number of phenols is 1. The lowest BCUT2D eigenvalue weighted by atomic mass is 9.91. The Labute approximate surface area is 286 Å². The summed E-state index contributed by atoms with van der Waals surface area (Å²) in [7, 11) is 0. The van der Waals surface area contributed by atoms with Crippen molar-refractivity contribution >= 4 is 28.7 Å². The van der Waals surface area contributed by atoms with Crippen molar-refractivity contribution in [2.75, 3.05) is 5.75 Å². The molecule has 4 atom stereocenters. The lowest BCUT2D eigenvalue weighted by Gasteiger charge is -2.41. The van der Waals surface area contributed by atoms with E-state index in [1.54, 1.807) is 28.9 Å². The van der Waals surface area contributed by atoms with Crippen LogP contribution in [0.25, 0.3) is 16.7 Å². The molecule has 12 nitrogen and oxygen atoms in total. The molecule has 0 aliphatic carbocycles. The van der Waals surface area contributed by atoms with Crippen molar-refractivity contribution < 1.29 is 24.5 Å². The fourth-order valence-corrected chi connectivity index (χ4v) is 6.68. The summed E-state index contributed by atoms with van der Waals surface area (Å²) in [5.41, 5.74) is 5.93. The van der Waals surface area contributed by atoms with Gasteiger partial charge in [0, 0.05) is 23.8 Å². The van der Waals surface area contributed by atoms with Crippen LogP contribution >= 0.6 is 11.8 Å². The number of phenolic OH excluding ortho intramolecular Hbond substituents is 1. The summed E-state index contributed by atoms with van der Waals surface area (Å²) < 4.78 is 14.8. The monoisotopic (exact) mass is 675 g/mol. The molecule has 4 aromatic carbocycles. The van der Waals surface area contributed by atoms with Gasteiger partial charge in [0.15, 0.2) is 6.29 Å². The number of thioether (sulfide) groups is 1. The van der Waals surface area contributed by atoms with Crippen molar-refractivity contribution in [1.29, 1.82) is 0 Å². The molecule has 3 heterocycles. The molecule has 1 fully saturated rings. The van der Waals surface area contributed by atoms with Gasteiger partial charge in [0.05, 0.1) is 41.7 Å². The van der Waals surface area contributed by atoms with Crippen molar-refractivity contribution in [2.45, 2.75) is 43.7 Å². The maximum absolute atomic E-state index is 12.8. The van der Waals surface area contributed by atoms with Crippen LogP contribution in [0.2, 0.25) is 0 Å². The van der Waals surface area contributed by atoms with Crippen LogP contribution in [0.1, 0.15) is 52.1 Å². The van der Waals surface area contributed by atoms with Crippen LogP contribution in [-0.2, 0) is 22.6 Å². The third-order valence-electron chi connectivity index (χ3n) is 8.42. The lowest BCUT2D eigenvalue weighted by Crippen LogP contribution is -2.38. The summed E-state index contributed by atoms with van der Waals surface area (Å²) in [5, 5.41) is 35.0. The first-order valence-electron chi connectivity index (χ1n) is 15.7. The minimum Gasteiger partial charge on any atom is -0.508 e. The van der Waals surface area contributed by atoms with Crippen molar-refractivity contribution in [1.82, 2.24) is 35.5 Å².